The topological polar surface area (TPSA) is 24.5 Å². The number of halogens is 1. The van der Waals surface area contributed by atoms with Crippen molar-refractivity contribution in [2.75, 3.05) is 43.0 Å². The van der Waals surface area contributed by atoms with Crippen LogP contribution in [0.1, 0.15) is 13.8 Å². The lowest BCUT2D eigenvalue weighted by atomic mass is 10.2. The number of nitrogens with one attached hydrogen (secondary N) is 1. The van der Waals surface area contributed by atoms with Gasteiger partial charge < -0.3 is 15.0 Å². The van der Waals surface area contributed by atoms with Crippen molar-refractivity contribution in [1.29, 1.82) is 0 Å². The molecule has 1 aliphatic rings. The van der Waals surface area contributed by atoms with Crippen LogP contribution >= 0.6 is 15.9 Å². The first-order valence-corrected chi connectivity index (χ1v) is 7.68. The molecule has 1 N–H and O–H groups in total. The standard InChI is InChI=1S/C12H18N2O.C2H5Br/c1-2-15-12-5-3-4-11(10-12)14-8-6-13-7-9-14;1-2-3/h3-5,10,13H,2,6-9H2,1H3;2H2,1H3. The Kier molecular flexibility index (Phi) is 7.85. The monoisotopic (exact) mass is 314 g/mol. The van der Waals surface area contributed by atoms with E-state index in [1.165, 1.54) is 5.69 Å². The molecule has 4 heteroatoms. The van der Waals surface area contributed by atoms with E-state index in [0.717, 1.165) is 43.9 Å². The quantitative estimate of drug-likeness (QED) is 0.868. The van der Waals surface area contributed by atoms with E-state index in [1.54, 1.807) is 0 Å². The third-order valence-corrected chi connectivity index (χ3v) is 2.61. The molecule has 1 saturated heterocycles. The predicted molar refractivity (Wildman–Crippen MR) is 82.2 cm³/mol. The molecular formula is C14H23BrN2O. The van der Waals surface area contributed by atoms with Crippen LogP contribution in [-0.2, 0) is 0 Å². The maximum absolute atomic E-state index is 5.50. The molecule has 0 unspecified atom stereocenters. The number of benzene rings is 1. The molecule has 0 spiro atoms. The van der Waals surface area contributed by atoms with Crippen LogP contribution < -0.4 is 15.0 Å². The van der Waals surface area contributed by atoms with E-state index in [-0.39, 0.29) is 0 Å². The fourth-order valence-corrected chi connectivity index (χ4v) is 1.86. The zero-order valence-corrected chi connectivity index (χ0v) is 12.9. The smallest absolute Gasteiger partial charge is 0.121 e. The number of nitrogens with zero attached hydrogens (tertiary/aromatic N) is 1. The minimum atomic E-state index is 0.727. The van der Waals surface area contributed by atoms with Crippen LogP contribution in [0.25, 0.3) is 0 Å². The highest BCUT2D eigenvalue weighted by molar-refractivity contribution is 9.09. The maximum Gasteiger partial charge on any atom is 0.121 e. The lowest BCUT2D eigenvalue weighted by Gasteiger charge is -2.29. The van der Waals surface area contributed by atoms with Gasteiger partial charge in [0.25, 0.3) is 0 Å². The number of rotatable bonds is 3. The molecule has 0 aromatic heterocycles. The lowest BCUT2D eigenvalue weighted by Crippen LogP contribution is -2.43. The molecule has 18 heavy (non-hydrogen) atoms. The fraction of sp³-hybridized carbons (Fsp3) is 0.571. The SMILES string of the molecule is CCBr.CCOc1cccc(N2CCNCC2)c1. The molecule has 0 radical (unpaired) electrons. The third kappa shape index (κ3) is 5.27. The van der Waals surface area contributed by atoms with E-state index in [0.29, 0.717) is 0 Å². The van der Waals surface area contributed by atoms with Gasteiger partial charge in [-0.2, -0.15) is 0 Å². The van der Waals surface area contributed by atoms with Crippen molar-refractivity contribution in [3.63, 3.8) is 0 Å². The molecule has 1 fully saturated rings. The molecular weight excluding hydrogens is 292 g/mol. The summed E-state index contributed by atoms with van der Waals surface area (Å²) in [6.45, 7) is 9.07. The van der Waals surface area contributed by atoms with E-state index in [9.17, 15) is 0 Å². The molecule has 0 saturated carbocycles. The molecule has 0 atom stereocenters. The zero-order chi connectivity index (χ0) is 13.2. The van der Waals surface area contributed by atoms with Crippen molar-refractivity contribution >= 4 is 21.6 Å². The van der Waals surface area contributed by atoms with Gasteiger partial charge in [0.15, 0.2) is 0 Å². The zero-order valence-electron chi connectivity index (χ0n) is 11.3. The van der Waals surface area contributed by atoms with Gasteiger partial charge in [0, 0.05) is 43.3 Å². The third-order valence-electron chi connectivity index (χ3n) is 2.61. The average Bonchev–Trinajstić information content (AvgIpc) is 2.41. The van der Waals surface area contributed by atoms with E-state index in [1.807, 2.05) is 19.9 Å². The van der Waals surface area contributed by atoms with Crippen LogP contribution in [0.15, 0.2) is 24.3 Å². The first-order valence-electron chi connectivity index (χ1n) is 6.56. The van der Waals surface area contributed by atoms with Crippen molar-refractivity contribution in [2.45, 2.75) is 13.8 Å². The molecule has 1 aromatic carbocycles. The summed E-state index contributed by atoms with van der Waals surface area (Å²) in [6, 6.07) is 8.33. The van der Waals surface area contributed by atoms with E-state index < -0.39 is 0 Å². The van der Waals surface area contributed by atoms with E-state index in [2.05, 4.69) is 44.3 Å². The van der Waals surface area contributed by atoms with Gasteiger partial charge in [0.2, 0.25) is 0 Å². The molecule has 2 rings (SSSR count). The van der Waals surface area contributed by atoms with Gasteiger partial charge in [-0.1, -0.05) is 28.9 Å². The minimum Gasteiger partial charge on any atom is -0.494 e. The largest absolute Gasteiger partial charge is 0.494 e. The Hall–Kier alpha value is -0.740. The van der Waals surface area contributed by atoms with Crippen molar-refractivity contribution in [3.05, 3.63) is 24.3 Å². The lowest BCUT2D eigenvalue weighted by molar-refractivity contribution is 0.340. The predicted octanol–water partition coefficient (Wildman–Crippen LogP) is 2.90. The second-order valence-corrected chi connectivity index (χ2v) is 5.06. The minimum absolute atomic E-state index is 0.727. The summed E-state index contributed by atoms with van der Waals surface area (Å²) in [6.07, 6.45) is 0. The Morgan fingerprint density at radius 2 is 1.94 bits per heavy atom. The normalized spacial score (nSPS) is 14.7. The summed E-state index contributed by atoms with van der Waals surface area (Å²) < 4.78 is 5.50. The number of ether oxygens (including phenoxy) is 1. The van der Waals surface area contributed by atoms with Crippen molar-refractivity contribution in [3.8, 4) is 5.75 Å². The highest BCUT2D eigenvalue weighted by Gasteiger charge is 2.10. The highest BCUT2D eigenvalue weighted by atomic mass is 79.9. The van der Waals surface area contributed by atoms with E-state index >= 15 is 0 Å². The molecule has 1 aromatic rings. The molecule has 102 valence electrons. The number of piperazine rings is 1. The summed E-state index contributed by atoms with van der Waals surface area (Å²) in [5, 5.41) is 4.41. The molecule has 0 bridgehead atoms. The molecule has 1 aliphatic heterocycles. The number of anilines is 1. The van der Waals surface area contributed by atoms with Gasteiger partial charge in [-0.05, 0) is 19.1 Å². The van der Waals surface area contributed by atoms with Crippen molar-refractivity contribution < 1.29 is 4.74 Å². The first kappa shape index (κ1) is 15.3. The Morgan fingerprint density at radius 1 is 1.28 bits per heavy atom. The van der Waals surface area contributed by atoms with Crippen LogP contribution in [0, 0.1) is 0 Å². The summed E-state index contributed by atoms with van der Waals surface area (Å²) in [4.78, 5) is 2.39. The van der Waals surface area contributed by atoms with Crippen LogP contribution in [-0.4, -0.2) is 38.1 Å². The average molecular weight is 315 g/mol. The van der Waals surface area contributed by atoms with Crippen molar-refractivity contribution in [1.82, 2.24) is 5.32 Å². The van der Waals surface area contributed by atoms with Crippen LogP contribution in [0.5, 0.6) is 5.75 Å². The molecule has 1 heterocycles. The molecule has 0 amide bonds. The van der Waals surface area contributed by atoms with Crippen LogP contribution in [0.2, 0.25) is 0 Å². The van der Waals surface area contributed by atoms with Gasteiger partial charge in [-0.3, -0.25) is 0 Å². The van der Waals surface area contributed by atoms with Gasteiger partial charge >= 0.3 is 0 Å². The Balaban J connectivity index is 0.000000492. The number of hydrogen-bond donors (Lipinski definition) is 1. The summed E-state index contributed by atoms with van der Waals surface area (Å²) in [5.74, 6) is 0.966. The summed E-state index contributed by atoms with van der Waals surface area (Å²) in [7, 11) is 0. The number of alkyl halides is 1. The Morgan fingerprint density at radius 3 is 2.56 bits per heavy atom. The summed E-state index contributed by atoms with van der Waals surface area (Å²) >= 11 is 3.15. The Bertz CT molecular complexity index is 327. The second-order valence-electron chi connectivity index (χ2n) is 3.93. The fourth-order valence-electron chi connectivity index (χ4n) is 1.86. The molecule has 3 nitrogen and oxygen atoms in total. The summed E-state index contributed by atoms with van der Waals surface area (Å²) in [5.41, 5.74) is 1.27. The molecule has 0 aliphatic carbocycles. The number of hydrogen-bond acceptors (Lipinski definition) is 3. The van der Waals surface area contributed by atoms with Gasteiger partial charge in [-0.25, -0.2) is 0 Å². The first-order chi connectivity index (χ1) is 8.81. The van der Waals surface area contributed by atoms with E-state index in [4.69, 9.17) is 4.74 Å². The van der Waals surface area contributed by atoms with Gasteiger partial charge in [0.05, 0.1) is 6.61 Å². The van der Waals surface area contributed by atoms with Gasteiger partial charge in [0.1, 0.15) is 5.75 Å². The van der Waals surface area contributed by atoms with Gasteiger partial charge in [-0.15, -0.1) is 0 Å². The highest BCUT2D eigenvalue weighted by Crippen LogP contribution is 2.21. The Labute approximate surface area is 119 Å². The second kappa shape index (κ2) is 9.22. The maximum atomic E-state index is 5.50. The van der Waals surface area contributed by atoms with Crippen molar-refractivity contribution in [2.24, 2.45) is 0 Å². The van der Waals surface area contributed by atoms with Crippen LogP contribution in [0.3, 0.4) is 0 Å². The van der Waals surface area contributed by atoms with Crippen LogP contribution in [0.4, 0.5) is 5.69 Å².